The predicted molar refractivity (Wildman–Crippen MR) is 233 cm³/mol. The van der Waals surface area contributed by atoms with Crippen LogP contribution in [0.15, 0.2) is 172 Å². The second-order valence-corrected chi connectivity index (χ2v) is 18.7. The number of nitrogens with zero attached hydrogens (tertiary/aromatic N) is 6. The fourth-order valence-corrected chi connectivity index (χ4v) is 9.26. The molecule has 63 heavy (non-hydrogen) atoms. The van der Waals surface area contributed by atoms with Gasteiger partial charge >= 0.3 is 0 Å². The van der Waals surface area contributed by atoms with Crippen molar-refractivity contribution in [1.29, 1.82) is 0 Å². The van der Waals surface area contributed by atoms with Crippen LogP contribution in [-0.2, 0) is 41.4 Å². The van der Waals surface area contributed by atoms with Crippen molar-refractivity contribution >= 4 is 124 Å². The Morgan fingerprint density at radius 2 is 1.02 bits per heavy atom. The summed E-state index contributed by atoms with van der Waals surface area (Å²) in [5, 5.41) is 38.3. The zero-order valence-corrected chi connectivity index (χ0v) is 34.8. The first kappa shape index (κ1) is 42.7. The molecule has 19 nitrogen and oxygen atoms in total. The molecule has 0 spiro atoms. The van der Waals surface area contributed by atoms with Gasteiger partial charge in [-0.3, -0.25) is 13.7 Å². The molecule has 0 saturated carbocycles. The molecule has 0 bridgehead atoms. The first-order chi connectivity index (χ1) is 29.8. The summed E-state index contributed by atoms with van der Waals surface area (Å²) in [5.41, 5.74) is 6.50. The minimum absolute atomic E-state index is 0.0189. The van der Waals surface area contributed by atoms with Crippen molar-refractivity contribution in [2.75, 3.05) is 5.73 Å². The van der Waals surface area contributed by atoms with Gasteiger partial charge in [-0.15, -0.1) is 25.6 Å². The smallest absolute Gasteiger partial charge is 0.295 e. The van der Waals surface area contributed by atoms with Gasteiger partial charge in [0.25, 0.3) is 30.4 Å². The van der Waals surface area contributed by atoms with Crippen LogP contribution in [0.1, 0.15) is 0 Å². The third-order valence-electron chi connectivity index (χ3n) is 9.64. The van der Waals surface area contributed by atoms with Gasteiger partial charge < -0.3 is 15.4 Å². The van der Waals surface area contributed by atoms with Crippen LogP contribution in [0.3, 0.4) is 0 Å². The summed E-state index contributed by atoms with van der Waals surface area (Å²) in [6.45, 7) is 0. The molecule has 1 unspecified atom stereocenters. The maximum absolute atomic E-state index is 12.3. The molecule has 0 fully saturated rings. The van der Waals surface area contributed by atoms with Gasteiger partial charge in [0, 0.05) is 43.4 Å². The highest BCUT2D eigenvalue weighted by Gasteiger charge is 2.22. The van der Waals surface area contributed by atoms with Crippen LogP contribution >= 0.6 is 0 Å². The standard InChI is InChI=1S/C40H27N7O12S4/c41-22-8-10-25-21(16-22)17-36(60(49)50)39(40(25)48)47-46-35-15-14-34(28-11-9-24(20-30(28)35)61(51,52)53)45-44-33-13-12-32(26-4-1-2-5-27(26)33)43-42-23-18-31-29(38(19-23)63(57,58)59)6-3-7-37(31)62(54,55)56/h1-20,48H,41H2,(H,49,50)(H,51,52,53)(H,54,55,56)(H,57,58,59). The molecule has 0 aliphatic rings. The first-order valence-electron chi connectivity index (χ1n) is 17.8. The van der Waals surface area contributed by atoms with E-state index in [1.165, 1.54) is 66.7 Å². The number of rotatable bonds is 10. The van der Waals surface area contributed by atoms with E-state index in [-0.39, 0.29) is 54.9 Å². The number of hydrogen-bond acceptors (Lipinski definition) is 15. The second kappa shape index (κ2) is 16.1. The van der Waals surface area contributed by atoms with Crippen molar-refractivity contribution in [2.45, 2.75) is 19.6 Å². The Labute approximate surface area is 358 Å². The molecule has 8 rings (SSSR count). The number of phenols is 1. The molecule has 0 radical (unpaired) electrons. The summed E-state index contributed by atoms with van der Waals surface area (Å²) < 4.78 is 125. The summed E-state index contributed by atoms with van der Waals surface area (Å²) in [6.07, 6.45) is 0. The van der Waals surface area contributed by atoms with Crippen molar-refractivity contribution < 1.29 is 52.8 Å². The number of nitrogens with two attached hydrogens (primary N) is 1. The van der Waals surface area contributed by atoms with E-state index in [0.717, 1.165) is 24.3 Å². The predicted octanol–water partition coefficient (Wildman–Crippen LogP) is 10.2. The van der Waals surface area contributed by atoms with E-state index in [9.17, 15) is 52.8 Å². The molecule has 23 heteroatoms. The summed E-state index contributed by atoms with van der Waals surface area (Å²) in [4.78, 5) is -2.05. The van der Waals surface area contributed by atoms with Crippen LogP contribution in [0.5, 0.6) is 5.75 Å². The van der Waals surface area contributed by atoms with Gasteiger partial charge in [0.15, 0.2) is 16.8 Å². The summed E-state index contributed by atoms with van der Waals surface area (Å²) >= 11 is -2.63. The molecule has 0 saturated heterocycles. The Kier molecular flexibility index (Phi) is 10.9. The van der Waals surface area contributed by atoms with E-state index < -0.39 is 61.9 Å². The Balaban J connectivity index is 1.19. The fourth-order valence-electron chi connectivity index (χ4n) is 6.80. The van der Waals surface area contributed by atoms with Crippen LogP contribution in [0.25, 0.3) is 43.1 Å². The van der Waals surface area contributed by atoms with Crippen molar-refractivity contribution in [3.05, 3.63) is 121 Å². The van der Waals surface area contributed by atoms with Crippen molar-refractivity contribution in [3.63, 3.8) is 0 Å². The minimum atomic E-state index is -4.90. The number of hydrogen-bond donors (Lipinski definition) is 6. The van der Waals surface area contributed by atoms with Crippen molar-refractivity contribution in [3.8, 4) is 5.75 Å². The van der Waals surface area contributed by atoms with Gasteiger partial charge in [0.1, 0.15) is 15.5 Å². The van der Waals surface area contributed by atoms with Crippen LogP contribution in [0, 0.1) is 0 Å². The molecule has 1 atom stereocenters. The third kappa shape index (κ3) is 8.49. The topological polar surface area (TPSA) is 321 Å². The number of fused-ring (bicyclic) bond motifs is 4. The van der Waals surface area contributed by atoms with Gasteiger partial charge in [0.05, 0.1) is 38.2 Å². The molecule has 7 N–H and O–H groups in total. The monoisotopic (exact) mass is 925 g/mol. The first-order valence-corrected chi connectivity index (χ1v) is 23.2. The highest BCUT2D eigenvalue weighted by atomic mass is 32.2. The van der Waals surface area contributed by atoms with Gasteiger partial charge in [-0.25, -0.2) is 4.21 Å². The molecule has 8 aromatic carbocycles. The second-order valence-electron chi connectivity index (χ2n) is 13.6. The SMILES string of the molecule is Nc1ccc2c(O)c(N=Nc3ccc(N=Nc4ccc(N=Nc5cc(S(=O)(=O)O)c6cccc(S(=O)(=O)O)c6c5)c5ccccc45)c4ccc(S(=O)(=O)O)cc34)c(S(=O)O)cc2c1. The quantitative estimate of drug-likeness (QED) is 0.0322. The number of anilines is 1. The highest BCUT2D eigenvalue weighted by Crippen LogP contribution is 2.43. The lowest BCUT2D eigenvalue weighted by Gasteiger charge is -2.10. The van der Waals surface area contributed by atoms with E-state index in [1.54, 1.807) is 30.3 Å². The zero-order chi connectivity index (χ0) is 45.0. The van der Waals surface area contributed by atoms with Crippen LogP contribution in [-0.4, -0.2) is 52.8 Å². The van der Waals surface area contributed by atoms with Gasteiger partial charge in [0.2, 0.25) is 0 Å². The maximum atomic E-state index is 12.3. The average Bonchev–Trinajstić information content (AvgIpc) is 3.23. The maximum Gasteiger partial charge on any atom is 0.295 e. The van der Waals surface area contributed by atoms with Crippen molar-refractivity contribution in [1.82, 2.24) is 0 Å². The number of phenolic OH excluding ortho intramolecular Hbond substituents is 1. The van der Waals surface area contributed by atoms with Gasteiger partial charge in [-0.2, -0.15) is 30.4 Å². The molecule has 0 amide bonds. The zero-order valence-electron chi connectivity index (χ0n) is 31.5. The van der Waals surface area contributed by atoms with E-state index in [2.05, 4.69) is 30.7 Å². The number of benzene rings is 8. The molecule has 0 aromatic heterocycles. The average molecular weight is 926 g/mol. The number of nitrogen functional groups attached to an aromatic ring is 1. The third-order valence-corrected chi connectivity index (χ3v) is 13.0. The number of azo groups is 3. The van der Waals surface area contributed by atoms with Crippen LogP contribution < -0.4 is 5.73 Å². The van der Waals surface area contributed by atoms with Gasteiger partial charge in [-0.1, -0.05) is 42.5 Å². The molecular weight excluding hydrogens is 899 g/mol. The van der Waals surface area contributed by atoms with E-state index in [4.69, 9.17) is 5.73 Å². The normalized spacial score (nSPS) is 13.4. The summed E-state index contributed by atoms with van der Waals surface area (Å²) in [7, 11) is -14.4. The van der Waals surface area contributed by atoms with E-state index >= 15 is 0 Å². The van der Waals surface area contributed by atoms with Gasteiger partial charge in [-0.05, 0) is 84.2 Å². The minimum Gasteiger partial charge on any atom is -0.505 e. The molecule has 0 aliphatic heterocycles. The molecule has 8 aromatic rings. The number of aromatic hydroxyl groups is 1. The van der Waals surface area contributed by atoms with E-state index in [1.807, 2.05) is 0 Å². The fraction of sp³-hybridized carbons (Fsp3) is 0. The summed E-state index contributed by atoms with van der Waals surface area (Å²) in [5.74, 6) is -0.462. The lowest BCUT2D eigenvalue weighted by molar-refractivity contribution is 0.480. The molecule has 318 valence electrons. The largest absolute Gasteiger partial charge is 0.505 e. The van der Waals surface area contributed by atoms with Crippen LogP contribution in [0.2, 0.25) is 0 Å². The molecule has 0 aliphatic carbocycles. The Bertz CT molecular complexity index is 3730. The van der Waals surface area contributed by atoms with E-state index in [0.29, 0.717) is 32.9 Å². The van der Waals surface area contributed by atoms with Crippen LogP contribution in [0.4, 0.5) is 39.8 Å². The Morgan fingerprint density at radius 3 is 1.60 bits per heavy atom. The summed E-state index contributed by atoms with van der Waals surface area (Å²) in [6, 6.07) is 28.0. The Hall–Kier alpha value is -6.96. The lowest BCUT2D eigenvalue weighted by atomic mass is 10.1. The highest BCUT2D eigenvalue weighted by molar-refractivity contribution is 7.86. The molecular formula is C40H27N7O12S4. The molecule has 0 heterocycles. The lowest BCUT2D eigenvalue weighted by Crippen LogP contribution is -2.03. The Morgan fingerprint density at radius 1 is 0.476 bits per heavy atom. The van der Waals surface area contributed by atoms with Crippen molar-refractivity contribution in [2.24, 2.45) is 30.7 Å².